The lowest BCUT2D eigenvalue weighted by molar-refractivity contribution is 0.388. The number of nitrogens with one attached hydrogen (secondary N) is 1. The fraction of sp³-hybridized carbons (Fsp3) is 0.241. The van der Waals surface area contributed by atoms with Crippen molar-refractivity contribution in [2.75, 3.05) is 0 Å². The van der Waals surface area contributed by atoms with Gasteiger partial charge in [-0.15, -0.1) is 23.7 Å². The van der Waals surface area contributed by atoms with Crippen LogP contribution in [0, 0.1) is 6.92 Å². The third kappa shape index (κ3) is 5.87. The third-order valence-electron chi connectivity index (χ3n) is 6.47. The van der Waals surface area contributed by atoms with Gasteiger partial charge in [-0.25, -0.2) is 9.78 Å². The summed E-state index contributed by atoms with van der Waals surface area (Å²) in [6, 6.07) is 19.9. The maximum absolute atomic E-state index is 13.7. The summed E-state index contributed by atoms with van der Waals surface area (Å²) in [5.74, 6) is 0.559. The van der Waals surface area contributed by atoms with Crippen molar-refractivity contribution in [1.29, 1.82) is 0 Å². The maximum atomic E-state index is 13.7. The highest BCUT2D eigenvalue weighted by molar-refractivity contribution is 7.09. The molecule has 0 fully saturated rings. The van der Waals surface area contributed by atoms with Gasteiger partial charge in [0.25, 0.3) is 5.56 Å². The minimum atomic E-state index is -0.588. The van der Waals surface area contributed by atoms with Gasteiger partial charge < -0.3 is 0 Å². The number of aryl methyl sites for hydroxylation is 2. The Morgan fingerprint density at radius 1 is 1.00 bits per heavy atom. The van der Waals surface area contributed by atoms with Crippen LogP contribution in [-0.4, -0.2) is 19.7 Å². The van der Waals surface area contributed by atoms with Crippen LogP contribution in [-0.2, 0) is 19.4 Å². The van der Waals surface area contributed by atoms with Gasteiger partial charge in [0.1, 0.15) is 5.82 Å². The molecule has 0 amide bonds. The van der Waals surface area contributed by atoms with E-state index in [1.165, 1.54) is 0 Å². The number of hydrogen-bond acceptors (Lipinski definition) is 6. The second-order valence-electron chi connectivity index (χ2n) is 9.02. The molecule has 0 radical (unpaired) electrons. The van der Waals surface area contributed by atoms with Gasteiger partial charge in [-0.3, -0.25) is 18.9 Å². The molecule has 7 nitrogen and oxygen atoms in total. The zero-order valence-corrected chi connectivity index (χ0v) is 22.9. The highest BCUT2D eigenvalue weighted by Gasteiger charge is 2.16. The highest BCUT2D eigenvalue weighted by Crippen LogP contribution is 2.30. The molecule has 0 saturated carbocycles. The molecule has 0 aliphatic carbocycles. The normalized spacial score (nSPS) is 10.9. The van der Waals surface area contributed by atoms with Gasteiger partial charge in [0.05, 0.1) is 12.2 Å². The lowest BCUT2D eigenvalue weighted by Crippen LogP contribution is -2.29. The van der Waals surface area contributed by atoms with E-state index < -0.39 is 5.76 Å². The van der Waals surface area contributed by atoms with Crippen LogP contribution in [0.25, 0.3) is 22.5 Å². The van der Waals surface area contributed by atoms with E-state index in [0.29, 0.717) is 18.8 Å². The lowest BCUT2D eigenvalue weighted by atomic mass is 9.96. The monoisotopic (exact) mass is 548 g/mol. The molecule has 0 aliphatic rings. The summed E-state index contributed by atoms with van der Waals surface area (Å²) in [7, 11) is 0. The summed E-state index contributed by atoms with van der Waals surface area (Å²) in [6.45, 7) is 4.61. The first-order valence-corrected chi connectivity index (χ1v) is 13.3. The topological polar surface area (TPSA) is 93.8 Å². The predicted octanol–water partition coefficient (Wildman–Crippen LogP) is 6.03. The molecule has 38 heavy (non-hydrogen) atoms. The van der Waals surface area contributed by atoms with Gasteiger partial charge in [0, 0.05) is 22.4 Å². The molecule has 0 bridgehead atoms. The van der Waals surface area contributed by atoms with Gasteiger partial charge in [0.2, 0.25) is 0 Å². The van der Waals surface area contributed by atoms with Crippen molar-refractivity contribution in [3.05, 3.63) is 114 Å². The van der Waals surface area contributed by atoms with E-state index in [2.05, 4.69) is 17.1 Å². The first kappa shape index (κ1) is 27.3. The van der Waals surface area contributed by atoms with Crippen LogP contribution in [0.3, 0.4) is 0 Å². The third-order valence-corrected chi connectivity index (χ3v) is 7.33. The number of thiophene rings is 1. The standard InChI is InChI=1S/C29H28N4O3S.ClH/c1-3-4-11-26-25(28(34)33(19(2)30-26)18-22-8-7-16-37-22)17-20-12-14-21(15-13-20)23-9-5-6-10-24(23)27-31-29(35)36-32-27;/h5-10,12-16H,3-4,11,17-18H2,1-2H3,(H,31,32,35);1H. The minimum absolute atomic E-state index is 0. The zero-order valence-electron chi connectivity index (χ0n) is 21.3. The summed E-state index contributed by atoms with van der Waals surface area (Å²) in [6.07, 6.45) is 3.36. The molecule has 0 unspecified atom stereocenters. The largest absolute Gasteiger partial charge is 0.439 e. The van der Waals surface area contributed by atoms with Crippen molar-refractivity contribution < 1.29 is 4.52 Å². The fourth-order valence-corrected chi connectivity index (χ4v) is 5.22. The van der Waals surface area contributed by atoms with E-state index >= 15 is 0 Å². The van der Waals surface area contributed by atoms with Crippen molar-refractivity contribution in [2.45, 2.75) is 46.1 Å². The lowest BCUT2D eigenvalue weighted by Gasteiger charge is -2.15. The van der Waals surface area contributed by atoms with E-state index in [9.17, 15) is 9.59 Å². The van der Waals surface area contributed by atoms with Crippen molar-refractivity contribution in [3.8, 4) is 22.5 Å². The average molecular weight is 549 g/mol. The molecule has 0 spiro atoms. The zero-order chi connectivity index (χ0) is 25.8. The average Bonchev–Trinajstić information content (AvgIpc) is 3.59. The van der Waals surface area contributed by atoms with Gasteiger partial charge in [-0.2, -0.15) is 0 Å². The molecule has 3 aromatic heterocycles. The Hall–Kier alpha value is -3.75. The summed E-state index contributed by atoms with van der Waals surface area (Å²) in [4.78, 5) is 33.8. The van der Waals surface area contributed by atoms with Crippen molar-refractivity contribution in [1.82, 2.24) is 19.7 Å². The summed E-state index contributed by atoms with van der Waals surface area (Å²) < 4.78 is 6.49. The van der Waals surface area contributed by atoms with E-state index in [0.717, 1.165) is 63.5 Å². The highest BCUT2D eigenvalue weighted by atomic mass is 35.5. The molecule has 2 aromatic carbocycles. The Labute approximate surface area is 230 Å². The van der Waals surface area contributed by atoms with E-state index in [4.69, 9.17) is 9.51 Å². The molecule has 0 atom stereocenters. The van der Waals surface area contributed by atoms with Gasteiger partial charge in [-0.05, 0) is 47.9 Å². The molecule has 3 heterocycles. The molecular formula is C29H29ClN4O3S. The first-order valence-electron chi connectivity index (χ1n) is 12.4. The first-order chi connectivity index (χ1) is 18.0. The molecule has 1 N–H and O–H groups in total. The summed E-state index contributed by atoms with van der Waals surface area (Å²) in [5, 5.41) is 5.87. The summed E-state index contributed by atoms with van der Waals surface area (Å²) >= 11 is 1.65. The van der Waals surface area contributed by atoms with E-state index in [1.54, 1.807) is 15.9 Å². The maximum Gasteiger partial charge on any atom is 0.439 e. The Balaban J connectivity index is 0.00000336. The van der Waals surface area contributed by atoms with Gasteiger partial charge in [0.15, 0.2) is 5.82 Å². The van der Waals surface area contributed by atoms with Crippen LogP contribution >= 0.6 is 23.7 Å². The molecule has 5 rings (SSSR count). The Bertz CT molecular complexity index is 1620. The number of hydrogen-bond donors (Lipinski definition) is 1. The van der Waals surface area contributed by atoms with Gasteiger partial charge >= 0.3 is 5.76 Å². The van der Waals surface area contributed by atoms with Crippen molar-refractivity contribution in [2.24, 2.45) is 0 Å². The number of aromatic nitrogens is 4. The second kappa shape index (κ2) is 12.2. The predicted molar refractivity (Wildman–Crippen MR) is 153 cm³/mol. The molecule has 5 aromatic rings. The van der Waals surface area contributed by atoms with Gasteiger partial charge in [-0.1, -0.05) is 73.1 Å². The molecule has 0 aliphatic heterocycles. The van der Waals surface area contributed by atoms with Crippen LogP contribution in [0.5, 0.6) is 0 Å². The number of benzene rings is 2. The van der Waals surface area contributed by atoms with Crippen molar-refractivity contribution in [3.63, 3.8) is 0 Å². The number of unbranched alkanes of at least 4 members (excludes halogenated alkanes) is 1. The van der Waals surface area contributed by atoms with Crippen LogP contribution in [0.4, 0.5) is 0 Å². The molecular weight excluding hydrogens is 520 g/mol. The van der Waals surface area contributed by atoms with Crippen LogP contribution in [0.2, 0.25) is 0 Å². The smallest absolute Gasteiger partial charge is 0.296 e. The Morgan fingerprint density at radius 3 is 2.42 bits per heavy atom. The van der Waals surface area contributed by atoms with E-state index in [1.807, 2.05) is 73.0 Å². The quantitative estimate of drug-likeness (QED) is 0.243. The SMILES string of the molecule is CCCCc1nc(C)n(Cc2cccs2)c(=O)c1Cc1ccc(-c2ccccc2-c2noc(=O)[nH]2)cc1.Cl. The fourth-order valence-electron chi connectivity index (χ4n) is 4.52. The Kier molecular flexibility index (Phi) is 8.76. The second-order valence-corrected chi connectivity index (χ2v) is 10.1. The number of H-pyrrole nitrogens is 1. The number of halogens is 1. The number of aromatic amines is 1. The number of rotatable bonds is 9. The molecule has 196 valence electrons. The van der Waals surface area contributed by atoms with Crippen molar-refractivity contribution >= 4 is 23.7 Å². The molecule has 0 saturated heterocycles. The van der Waals surface area contributed by atoms with Crippen LogP contribution < -0.4 is 11.3 Å². The van der Waals surface area contributed by atoms with Crippen LogP contribution in [0.1, 0.15) is 47.3 Å². The van der Waals surface area contributed by atoms with Crippen LogP contribution in [0.15, 0.2) is 80.2 Å². The minimum Gasteiger partial charge on any atom is -0.296 e. The summed E-state index contributed by atoms with van der Waals surface area (Å²) in [5.41, 5.74) is 5.43. The van der Waals surface area contributed by atoms with E-state index in [-0.39, 0.29) is 18.0 Å². The molecule has 9 heteroatoms. The number of nitrogens with zero attached hydrogens (tertiary/aromatic N) is 3. The Morgan fingerprint density at radius 2 is 1.76 bits per heavy atom.